The van der Waals surface area contributed by atoms with E-state index < -0.39 is 16.0 Å². The number of hydrogen-bond acceptors (Lipinski definition) is 14. The molecule has 0 spiro atoms. The van der Waals surface area contributed by atoms with Crippen molar-refractivity contribution in [3.63, 3.8) is 0 Å². The van der Waals surface area contributed by atoms with Gasteiger partial charge in [-0.15, -0.1) is 5.10 Å². The van der Waals surface area contributed by atoms with Crippen LogP contribution in [0.1, 0.15) is 50.8 Å². The van der Waals surface area contributed by atoms with Crippen molar-refractivity contribution in [3.8, 4) is 0 Å². The second-order valence-corrected chi connectivity index (χ2v) is 17.9. The number of likely N-dealkylation sites (tertiary alicyclic amines) is 1. The van der Waals surface area contributed by atoms with Crippen molar-refractivity contribution in [1.29, 1.82) is 0 Å². The van der Waals surface area contributed by atoms with Gasteiger partial charge in [0.05, 0.1) is 24.0 Å². The van der Waals surface area contributed by atoms with Gasteiger partial charge in [0.15, 0.2) is 5.82 Å². The van der Waals surface area contributed by atoms with Crippen LogP contribution in [0.5, 0.6) is 0 Å². The zero-order valence-electron chi connectivity index (χ0n) is 31.8. The van der Waals surface area contributed by atoms with Crippen LogP contribution in [0.25, 0.3) is 10.8 Å². The van der Waals surface area contributed by atoms with E-state index in [4.69, 9.17) is 19.8 Å². The van der Waals surface area contributed by atoms with E-state index in [-0.39, 0.29) is 42.2 Å². The number of hydrogen-bond donors (Lipinski definition) is 1. The van der Waals surface area contributed by atoms with Gasteiger partial charge in [-0.3, -0.25) is 14.6 Å². The topological polar surface area (TPSA) is 153 Å². The maximum Gasteiger partial charge on any atom is 0.246 e. The number of halogens is 1. The van der Waals surface area contributed by atoms with Crippen LogP contribution >= 0.6 is 0 Å². The maximum atomic E-state index is 15.9. The minimum Gasteiger partial charge on any atom is -0.381 e. The van der Waals surface area contributed by atoms with Crippen molar-refractivity contribution in [2.24, 2.45) is 5.92 Å². The van der Waals surface area contributed by atoms with E-state index in [1.807, 2.05) is 17.9 Å². The molecular weight excluding hydrogens is 726 g/mol. The summed E-state index contributed by atoms with van der Waals surface area (Å²) in [5.74, 6) is 2.07. The number of aromatic nitrogens is 5. The average Bonchev–Trinajstić information content (AvgIpc) is 3.69. The van der Waals surface area contributed by atoms with Crippen LogP contribution in [0.3, 0.4) is 0 Å². The monoisotopic (exact) mass is 777 g/mol. The molecule has 1 unspecified atom stereocenters. The van der Waals surface area contributed by atoms with Gasteiger partial charge in [0.25, 0.3) is 0 Å². The van der Waals surface area contributed by atoms with Crippen LogP contribution in [0.4, 0.5) is 27.8 Å². The van der Waals surface area contributed by atoms with Crippen molar-refractivity contribution < 1.29 is 22.3 Å². The zero-order valence-corrected chi connectivity index (χ0v) is 32.6. The van der Waals surface area contributed by atoms with Gasteiger partial charge in [0.1, 0.15) is 27.6 Å². The number of alkyl halides is 1. The van der Waals surface area contributed by atoms with Crippen LogP contribution < -0.4 is 15.1 Å². The number of nitrogens with zero attached hydrogens (tertiary/aromatic N) is 10. The quantitative estimate of drug-likeness (QED) is 0.300. The summed E-state index contributed by atoms with van der Waals surface area (Å²) < 4.78 is 45.5. The fraction of sp³-hybridized carbons (Fsp3) is 0.632. The van der Waals surface area contributed by atoms with Gasteiger partial charge in [0, 0.05) is 112 Å². The lowest BCUT2D eigenvalue weighted by molar-refractivity contribution is -0.126. The molecule has 8 rings (SSSR count). The third kappa shape index (κ3) is 7.98. The number of nitrogens with one attached hydrogen (secondary N) is 1. The lowest BCUT2D eigenvalue weighted by Gasteiger charge is -2.47. The highest BCUT2D eigenvalue weighted by atomic mass is 32.2. The molecule has 0 aromatic carbocycles. The van der Waals surface area contributed by atoms with E-state index in [2.05, 4.69) is 36.7 Å². The summed E-state index contributed by atoms with van der Waals surface area (Å²) in [4.78, 5) is 37.6. The van der Waals surface area contributed by atoms with Gasteiger partial charge < -0.3 is 24.8 Å². The summed E-state index contributed by atoms with van der Waals surface area (Å²) in [6.07, 6.45) is 9.43. The molecule has 55 heavy (non-hydrogen) atoms. The van der Waals surface area contributed by atoms with Crippen LogP contribution in [-0.4, -0.2) is 156 Å². The van der Waals surface area contributed by atoms with Gasteiger partial charge in [0.2, 0.25) is 11.9 Å². The fourth-order valence-corrected chi connectivity index (χ4v) is 10.4. The summed E-state index contributed by atoms with van der Waals surface area (Å²) in [5, 5.41) is 14.3. The summed E-state index contributed by atoms with van der Waals surface area (Å²) in [7, 11) is -3.13. The number of ether oxygens (including phenoxy) is 1. The van der Waals surface area contributed by atoms with Gasteiger partial charge >= 0.3 is 0 Å². The van der Waals surface area contributed by atoms with Crippen molar-refractivity contribution in [1.82, 2.24) is 39.8 Å². The van der Waals surface area contributed by atoms with Crippen LogP contribution in [0.15, 0.2) is 37.2 Å². The molecule has 1 amide bonds. The third-order valence-electron chi connectivity index (χ3n) is 12.3. The van der Waals surface area contributed by atoms with Crippen molar-refractivity contribution >= 4 is 49.9 Å². The molecule has 296 valence electrons. The first-order valence-corrected chi connectivity index (χ1v) is 21.7. The first-order valence-electron chi connectivity index (χ1n) is 19.6. The predicted molar refractivity (Wildman–Crippen MR) is 209 cm³/mol. The predicted octanol–water partition coefficient (Wildman–Crippen LogP) is 2.99. The van der Waals surface area contributed by atoms with Crippen molar-refractivity contribution in [2.75, 3.05) is 92.7 Å². The van der Waals surface area contributed by atoms with E-state index in [1.54, 1.807) is 23.4 Å². The molecule has 15 nitrogen and oxygen atoms in total. The Kier molecular flexibility index (Phi) is 10.9. The molecule has 0 saturated carbocycles. The summed E-state index contributed by atoms with van der Waals surface area (Å²) in [5.41, 5.74) is 0.669. The Labute approximate surface area is 322 Å². The summed E-state index contributed by atoms with van der Waals surface area (Å²) in [6.45, 7) is 13.1. The van der Waals surface area contributed by atoms with Gasteiger partial charge in [-0.2, -0.15) is 10.1 Å². The molecule has 3 aromatic heterocycles. The molecular formula is C38H52FN11O4S. The standard InChI is InChI=1S/C38H52FN11O4S/c1-4-35(51)49-12-5-6-32(49)36-28-20-34(41-21-29(28)37(45-44-36)50-22-26(25(50)2)24-55(3,52)53)42-33-7-11-40-38(43-33)48-13-8-31(30(39)23-48)47-16-14-46(15-17-47)27-9-18-54-19-10-27/h4,7,11,20-21,25-27,30-32H,1,5-6,8-10,12-19,22-24H2,2-3H3,(H,40,41,42,43)/t25-,26-,30+,31-,32?/m1/s1. The SMILES string of the molecule is C=CC(=O)N1CCCC1c1nnc(N2C[C@H](CS(C)(=O)=O)[C@H]2C)c2cnc(Nc3ccnc(N4CC[C@@H](N5CCN(C6CCOCC6)CC5)[C@@H](F)C4)n3)cc12. The Balaban J connectivity index is 0.985. The number of rotatable bonds is 10. The Morgan fingerprint density at radius 2 is 1.78 bits per heavy atom. The number of piperazine rings is 1. The number of piperidine rings is 1. The van der Waals surface area contributed by atoms with Crippen LogP contribution in [0.2, 0.25) is 0 Å². The molecule has 0 radical (unpaired) electrons. The smallest absolute Gasteiger partial charge is 0.246 e. The number of sulfone groups is 1. The van der Waals surface area contributed by atoms with Crippen molar-refractivity contribution in [3.05, 3.63) is 42.9 Å². The van der Waals surface area contributed by atoms with E-state index in [0.717, 1.165) is 75.8 Å². The Morgan fingerprint density at radius 1 is 1.00 bits per heavy atom. The fourth-order valence-electron chi connectivity index (χ4n) is 9.23. The molecule has 1 N–H and O–H groups in total. The molecule has 5 fully saturated rings. The van der Waals surface area contributed by atoms with Crippen molar-refractivity contribution in [2.45, 2.75) is 69.4 Å². The molecule has 5 saturated heterocycles. The molecule has 0 aliphatic carbocycles. The minimum absolute atomic E-state index is 0.0145. The van der Waals surface area contributed by atoms with E-state index in [9.17, 15) is 13.2 Å². The number of amides is 1. The Hall–Kier alpha value is -4.06. The first-order chi connectivity index (χ1) is 26.6. The number of carbonyl (C=O) groups is 1. The van der Waals surface area contributed by atoms with Crippen LogP contribution in [0, 0.1) is 5.92 Å². The van der Waals surface area contributed by atoms with E-state index in [1.165, 1.54) is 12.3 Å². The van der Waals surface area contributed by atoms with Gasteiger partial charge in [-0.1, -0.05) is 6.58 Å². The molecule has 5 aliphatic rings. The van der Waals surface area contributed by atoms with Gasteiger partial charge in [-0.05, 0) is 57.2 Å². The highest BCUT2D eigenvalue weighted by molar-refractivity contribution is 7.90. The molecule has 17 heteroatoms. The highest BCUT2D eigenvalue weighted by Crippen LogP contribution is 2.40. The number of carbonyl (C=O) groups excluding carboxylic acids is 1. The zero-order chi connectivity index (χ0) is 38.3. The average molecular weight is 778 g/mol. The largest absolute Gasteiger partial charge is 0.381 e. The normalized spacial score (nSPS) is 27.3. The second-order valence-electron chi connectivity index (χ2n) is 15.8. The first kappa shape index (κ1) is 37.8. The Bertz CT molecular complexity index is 1990. The second kappa shape index (κ2) is 15.8. The molecule has 5 aliphatic heterocycles. The Morgan fingerprint density at radius 3 is 2.51 bits per heavy atom. The lowest BCUT2D eigenvalue weighted by Crippen LogP contribution is -2.59. The highest BCUT2D eigenvalue weighted by Gasteiger charge is 2.41. The van der Waals surface area contributed by atoms with Gasteiger partial charge in [-0.25, -0.2) is 22.8 Å². The molecule has 3 aromatic rings. The maximum absolute atomic E-state index is 15.9. The summed E-state index contributed by atoms with van der Waals surface area (Å²) in [6, 6.07) is 3.80. The van der Waals surface area contributed by atoms with E-state index in [0.29, 0.717) is 61.2 Å². The lowest BCUT2D eigenvalue weighted by atomic mass is 9.91. The number of fused-ring (bicyclic) bond motifs is 1. The number of anilines is 4. The minimum atomic E-state index is -3.13. The van der Waals surface area contributed by atoms with E-state index >= 15 is 4.39 Å². The third-order valence-corrected chi connectivity index (χ3v) is 13.3. The molecule has 8 heterocycles. The van der Waals surface area contributed by atoms with Crippen LogP contribution in [-0.2, 0) is 19.4 Å². The molecule has 5 atom stereocenters. The molecule has 0 bridgehead atoms. The number of pyridine rings is 1. The summed E-state index contributed by atoms with van der Waals surface area (Å²) >= 11 is 0.